The van der Waals surface area contributed by atoms with E-state index in [9.17, 15) is 0 Å². The largest absolute Gasteiger partial charge is 0.271 e. The zero-order valence-corrected chi connectivity index (χ0v) is 11.2. The van der Waals surface area contributed by atoms with Crippen LogP contribution in [-0.4, -0.2) is 14.8 Å². The van der Waals surface area contributed by atoms with Crippen LogP contribution in [0.1, 0.15) is 18.9 Å². The summed E-state index contributed by atoms with van der Waals surface area (Å²) in [6.45, 7) is 5.13. The van der Waals surface area contributed by atoms with Gasteiger partial charge in [-0.2, -0.15) is 5.10 Å². The van der Waals surface area contributed by atoms with Crippen molar-refractivity contribution in [3.05, 3.63) is 35.1 Å². The minimum Gasteiger partial charge on any atom is -0.271 e. The molecule has 3 nitrogen and oxygen atoms in total. The molecule has 0 fully saturated rings. The van der Waals surface area contributed by atoms with Crippen molar-refractivity contribution in [1.82, 2.24) is 14.8 Å². The van der Waals surface area contributed by atoms with Crippen molar-refractivity contribution in [3.63, 3.8) is 0 Å². The van der Waals surface area contributed by atoms with Crippen molar-refractivity contribution in [2.45, 2.75) is 26.8 Å². The number of nitrogens with zero attached hydrogens (tertiary/aromatic N) is 3. The summed E-state index contributed by atoms with van der Waals surface area (Å²) in [5.74, 6) is 0. The normalized spacial score (nSPS) is 11.5. The Balaban J connectivity index is 2.43. The molecule has 0 amide bonds. The van der Waals surface area contributed by atoms with E-state index in [1.54, 1.807) is 0 Å². The number of fused-ring (bicyclic) bond motifs is 3. The highest BCUT2D eigenvalue weighted by Gasteiger charge is 2.12. The summed E-state index contributed by atoms with van der Waals surface area (Å²) in [4.78, 5) is 4.43. The third kappa shape index (κ3) is 1.66. The maximum absolute atomic E-state index is 6.21. The fourth-order valence-corrected chi connectivity index (χ4v) is 2.59. The predicted molar refractivity (Wildman–Crippen MR) is 75.1 cm³/mol. The van der Waals surface area contributed by atoms with Crippen molar-refractivity contribution in [2.75, 3.05) is 0 Å². The fourth-order valence-electron chi connectivity index (χ4n) is 2.35. The molecule has 2 aromatic heterocycles. The molecule has 2 heterocycles. The third-order valence-electron chi connectivity index (χ3n) is 3.15. The van der Waals surface area contributed by atoms with Crippen LogP contribution in [0, 0.1) is 6.92 Å². The molecule has 0 aliphatic carbocycles. The van der Waals surface area contributed by atoms with Gasteiger partial charge in [-0.1, -0.05) is 30.7 Å². The monoisotopic (exact) mass is 259 g/mol. The summed E-state index contributed by atoms with van der Waals surface area (Å²) in [5.41, 5.74) is 2.94. The average Bonchev–Trinajstić information content (AvgIpc) is 2.74. The van der Waals surface area contributed by atoms with Crippen molar-refractivity contribution < 1.29 is 0 Å². The number of hydrogen-bond acceptors (Lipinski definition) is 2. The van der Waals surface area contributed by atoms with Crippen LogP contribution < -0.4 is 0 Å². The SMILES string of the molecule is CCCn1cc2c(n1)c(Cl)nc1cccc(C)c12. The number of rotatable bonds is 2. The molecule has 0 N–H and O–H groups in total. The first kappa shape index (κ1) is 11.5. The summed E-state index contributed by atoms with van der Waals surface area (Å²) >= 11 is 6.21. The standard InChI is InChI=1S/C14H14ClN3/c1-3-7-18-8-10-12-9(2)5-4-6-11(12)16-14(15)13(10)17-18/h4-6,8H,3,7H2,1-2H3. The lowest BCUT2D eigenvalue weighted by molar-refractivity contribution is 0.609. The fraction of sp³-hybridized carbons (Fsp3) is 0.286. The highest BCUT2D eigenvalue weighted by molar-refractivity contribution is 6.35. The first-order valence-electron chi connectivity index (χ1n) is 6.12. The van der Waals surface area contributed by atoms with E-state index in [1.807, 2.05) is 16.8 Å². The third-order valence-corrected chi connectivity index (χ3v) is 3.41. The van der Waals surface area contributed by atoms with E-state index in [4.69, 9.17) is 11.6 Å². The molecule has 0 saturated heterocycles. The molecule has 1 aromatic carbocycles. The van der Waals surface area contributed by atoms with E-state index >= 15 is 0 Å². The maximum atomic E-state index is 6.21. The van der Waals surface area contributed by atoms with Gasteiger partial charge in [0.05, 0.1) is 5.52 Å². The van der Waals surface area contributed by atoms with Crippen molar-refractivity contribution in [1.29, 1.82) is 0 Å². The van der Waals surface area contributed by atoms with Crippen LogP contribution >= 0.6 is 11.6 Å². The van der Waals surface area contributed by atoms with Gasteiger partial charge in [-0.15, -0.1) is 0 Å². The Kier molecular flexibility index (Phi) is 2.71. The van der Waals surface area contributed by atoms with E-state index in [1.165, 1.54) is 5.56 Å². The van der Waals surface area contributed by atoms with Crippen LogP contribution in [0.25, 0.3) is 21.8 Å². The molecule has 0 bridgehead atoms. The smallest absolute Gasteiger partial charge is 0.157 e. The Morgan fingerprint density at radius 2 is 2.17 bits per heavy atom. The molecule has 0 aliphatic heterocycles. The number of halogens is 1. The van der Waals surface area contributed by atoms with E-state index in [-0.39, 0.29) is 0 Å². The Morgan fingerprint density at radius 1 is 1.33 bits per heavy atom. The lowest BCUT2D eigenvalue weighted by Gasteiger charge is -2.02. The molecular formula is C14H14ClN3. The Labute approximate surface area is 110 Å². The molecule has 0 saturated carbocycles. The maximum Gasteiger partial charge on any atom is 0.157 e. The molecule has 0 spiro atoms. The average molecular weight is 260 g/mol. The molecule has 0 aliphatic rings. The Bertz CT molecular complexity index is 731. The van der Waals surface area contributed by atoms with Gasteiger partial charge in [0.1, 0.15) is 5.52 Å². The minimum atomic E-state index is 0.484. The molecule has 3 rings (SSSR count). The van der Waals surface area contributed by atoms with Gasteiger partial charge in [-0.3, -0.25) is 4.68 Å². The van der Waals surface area contributed by atoms with E-state index in [0.29, 0.717) is 5.15 Å². The molecule has 0 unspecified atom stereocenters. The van der Waals surface area contributed by atoms with Gasteiger partial charge in [-0.25, -0.2) is 4.98 Å². The van der Waals surface area contributed by atoms with Crippen LogP contribution in [0.4, 0.5) is 0 Å². The van der Waals surface area contributed by atoms with Crippen molar-refractivity contribution >= 4 is 33.4 Å². The van der Waals surface area contributed by atoms with Crippen LogP contribution in [-0.2, 0) is 6.54 Å². The minimum absolute atomic E-state index is 0.484. The van der Waals surface area contributed by atoms with Gasteiger partial charge < -0.3 is 0 Å². The van der Waals surface area contributed by atoms with E-state index in [2.05, 4.69) is 36.2 Å². The highest BCUT2D eigenvalue weighted by Crippen LogP contribution is 2.30. The number of aromatic nitrogens is 3. The molecule has 92 valence electrons. The van der Waals surface area contributed by atoms with Crippen molar-refractivity contribution in [3.8, 4) is 0 Å². The molecule has 0 atom stereocenters. The number of hydrogen-bond donors (Lipinski definition) is 0. The van der Waals surface area contributed by atoms with Gasteiger partial charge >= 0.3 is 0 Å². The highest BCUT2D eigenvalue weighted by atomic mass is 35.5. The molecule has 4 heteroatoms. The predicted octanol–water partition coefficient (Wildman–Crippen LogP) is 3.96. The summed E-state index contributed by atoms with van der Waals surface area (Å²) in [6.07, 6.45) is 3.12. The van der Waals surface area contributed by atoms with Crippen LogP contribution in [0.5, 0.6) is 0 Å². The second-order valence-electron chi connectivity index (χ2n) is 4.53. The van der Waals surface area contributed by atoms with Crippen LogP contribution in [0.3, 0.4) is 0 Å². The van der Waals surface area contributed by atoms with Gasteiger partial charge in [0.2, 0.25) is 0 Å². The Morgan fingerprint density at radius 3 is 2.94 bits per heavy atom. The first-order valence-corrected chi connectivity index (χ1v) is 6.50. The number of pyridine rings is 1. The summed E-state index contributed by atoms with van der Waals surface area (Å²) < 4.78 is 1.95. The Hall–Kier alpha value is -1.61. The molecule has 18 heavy (non-hydrogen) atoms. The second kappa shape index (κ2) is 4.25. The number of aryl methyl sites for hydroxylation is 2. The lowest BCUT2D eigenvalue weighted by Crippen LogP contribution is -1.95. The first-order chi connectivity index (χ1) is 8.70. The lowest BCUT2D eigenvalue weighted by atomic mass is 10.1. The van der Waals surface area contributed by atoms with Gasteiger partial charge in [-0.05, 0) is 25.0 Å². The van der Waals surface area contributed by atoms with Crippen LogP contribution in [0.2, 0.25) is 5.15 Å². The topological polar surface area (TPSA) is 30.7 Å². The van der Waals surface area contributed by atoms with E-state index in [0.717, 1.165) is 34.8 Å². The number of benzene rings is 1. The summed E-state index contributed by atoms with van der Waals surface area (Å²) in [5, 5.41) is 7.25. The molecule has 3 aromatic rings. The molecular weight excluding hydrogens is 246 g/mol. The van der Waals surface area contributed by atoms with Gasteiger partial charge in [0, 0.05) is 23.5 Å². The zero-order chi connectivity index (χ0) is 12.7. The summed E-state index contributed by atoms with van der Waals surface area (Å²) in [6, 6.07) is 6.09. The van der Waals surface area contributed by atoms with E-state index < -0.39 is 0 Å². The van der Waals surface area contributed by atoms with Crippen molar-refractivity contribution in [2.24, 2.45) is 0 Å². The van der Waals surface area contributed by atoms with Crippen LogP contribution in [0.15, 0.2) is 24.4 Å². The van der Waals surface area contributed by atoms with Gasteiger partial charge in [0.15, 0.2) is 5.15 Å². The summed E-state index contributed by atoms with van der Waals surface area (Å²) in [7, 11) is 0. The zero-order valence-electron chi connectivity index (χ0n) is 10.4. The van der Waals surface area contributed by atoms with Gasteiger partial charge in [0.25, 0.3) is 0 Å². The molecule has 0 radical (unpaired) electrons. The second-order valence-corrected chi connectivity index (χ2v) is 4.88. The quantitative estimate of drug-likeness (QED) is 0.652.